The Bertz CT molecular complexity index is 484. The zero-order chi connectivity index (χ0) is 15.4. The highest BCUT2D eigenvalue weighted by molar-refractivity contribution is 5.80. The van der Waals surface area contributed by atoms with Gasteiger partial charge in [0.05, 0.1) is 19.4 Å². The van der Waals surface area contributed by atoms with Gasteiger partial charge in [-0.05, 0) is 50.8 Å². The molecule has 4 heteroatoms. The average Bonchev–Trinajstić information content (AvgIpc) is 2.56. The van der Waals surface area contributed by atoms with Crippen LogP contribution in [-0.4, -0.2) is 49.6 Å². The summed E-state index contributed by atoms with van der Waals surface area (Å²) in [5.74, 6) is 0. The Labute approximate surface area is 133 Å². The molecular formula is C18H27N3O. The van der Waals surface area contributed by atoms with Gasteiger partial charge in [0.15, 0.2) is 0 Å². The molecular weight excluding hydrogens is 274 g/mol. The number of rotatable bonds is 3. The lowest BCUT2D eigenvalue weighted by atomic mass is 10.00. The number of nitrogens with zero attached hydrogens (tertiary/aromatic N) is 3. The lowest BCUT2D eigenvalue weighted by Crippen LogP contribution is -2.39. The van der Waals surface area contributed by atoms with Crippen molar-refractivity contribution in [3.63, 3.8) is 0 Å². The second-order valence-electron chi connectivity index (χ2n) is 6.44. The van der Waals surface area contributed by atoms with E-state index < -0.39 is 0 Å². The van der Waals surface area contributed by atoms with Crippen LogP contribution in [0.3, 0.4) is 0 Å². The van der Waals surface area contributed by atoms with Crippen molar-refractivity contribution in [1.82, 2.24) is 5.01 Å². The van der Waals surface area contributed by atoms with Crippen LogP contribution >= 0.6 is 0 Å². The summed E-state index contributed by atoms with van der Waals surface area (Å²) in [6.45, 7) is 8.16. The molecule has 2 unspecified atom stereocenters. The first-order valence-electron chi connectivity index (χ1n) is 8.49. The fraction of sp³-hybridized carbons (Fsp3) is 0.611. The number of hydrazone groups is 1. The largest absolute Gasteiger partial charge is 0.378 e. The molecule has 0 saturated carbocycles. The van der Waals surface area contributed by atoms with E-state index in [9.17, 15) is 0 Å². The first-order chi connectivity index (χ1) is 10.7. The molecule has 0 bridgehead atoms. The lowest BCUT2D eigenvalue weighted by Gasteiger charge is -2.36. The number of hydrogen-bond donors (Lipinski definition) is 0. The van der Waals surface area contributed by atoms with Crippen LogP contribution in [0.15, 0.2) is 29.4 Å². The third-order valence-electron chi connectivity index (χ3n) is 4.76. The molecule has 2 fully saturated rings. The quantitative estimate of drug-likeness (QED) is 0.803. The zero-order valence-electron chi connectivity index (χ0n) is 13.7. The van der Waals surface area contributed by atoms with Crippen LogP contribution in [0.1, 0.15) is 38.7 Å². The molecule has 4 nitrogen and oxygen atoms in total. The molecule has 1 aromatic carbocycles. The molecule has 0 radical (unpaired) electrons. The van der Waals surface area contributed by atoms with Crippen molar-refractivity contribution < 1.29 is 4.74 Å². The van der Waals surface area contributed by atoms with E-state index in [0.29, 0.717) is 12.1 Å². The van der Waals surface area contributed by atoms with E-state index in [-0.39, 0.29) is 0 Å². The molecule has 0 aromatic heterocycles. The highest BCUT2D eigenvalue weighted by Gasteiger charge is 2.22. The predicted octanol–water partition coefficient (Wildman–Crippen LogP) is 3.12. The summed E-state index contributed by atoms with van der Waals surface area (Å²) < 4.78 is 5.40. The monoisotopic (exact) mass is 301 g/mol. The van der Waals surface area contributed by atoms with Gasteiger partial charge < -0.3 is 9.64 Å². The summed E-state index contributed by atoms with van der Waals surface area (Å²) in [7, 11) is 0. The normalized spacial score (nSPS) is 26.6. The van der Waals surface area contributed by atoms with E-state index in [1.807, 2.05) is 6.21 Å². The van der Waals surface area contributed by atoms with E-state index in [1.165, 1.54) is 30.5 Å². The highest BCUT2D eigenvalue weighted by atomic mass is 16.5. The van der Waals surface area contributed by atoms with Crippen LogP contribution in [0.4, 0.5) is 5.69 Å². The van der Waals surface area contributed by atoms with Gasteiger partial charge in [-0.15, -0.1) is 0 Å². The van der Waals surface area contributed by atoms with Crippen molar-refractivity contribution in [2.45, 2.75) is 45.2 Å². The van der Waals surface area contributed by atoms with Gasteiger partial charge in [-0.25, -0.2) is 0 Å². The molecule has 2 aliphatic rings. The van der Waals surface area contributed by atoms with E-state index in [2.05, 4.69) is 48.0 Å². The number of ether oxygens (including phenoxy) is 1. The molecule has 2 heterocycles. The van der Waals surface area contributed by atoms with Crippen LogP contribution in [0.25, 0.3) is 0 Å². The lowest BCUT2D eigenvalue weighted by molar-refractivity contribution is 0.109. The van der Waals surface area contributed by atoms with Crippen LogP contribution in [-0.2, 0) is 4.74 Å². The van der Waals surface area contributed by atoms with Crippen molar-refractivity contribution in [3.8, 4) is 0 Å². The Kier molecular flexibility index (Phi) is 4.98. The zero-order valence-corrected chi connectivity index (χ0v) is 13.7. The first-order valence-corrected chi connectivity index (χ1v) is 8.49. The maximum atomic E-state index is 5.40. The number of anilines is 1. The average molecular weight is 301 g/mol. The summed E-state index contributed by atoms with van der Waals surface area (Å²) in [6.07, 6.45) is 5.82. The maximum Gasteiger partial charge on any atom is 0.0642 e. The van der Waals surface area contributed by atoms with Crippen molar-refractivity contribution in [1.29, 1.82) is 0 Å². The summed E-state index contributed by atoms with van der Waals surface area (Å²) >= 11 is 0. The van der Waals surface area contributed by atoms with E-state index >= 15 is 0 Å². The fourth-order valence-corrected chi connectivity index (χ4v) is 3.36. The molecule has 0 spiro atoms. The molecule has 1 aromatic rings. The van der Waals surface area contributed by atoms with E-state index in [4.69, 9.17) is 9.84 Å². The predicted molar refractivity (Wildman–Crippen MR) is 91.7 cm³/mol. The SMILES string of the molecule is CC1CCCC(C)N1N=Cc1ccc(N2CCOCC2)cc1. The third-order valence-corrected chi connectivity index (χ3v) is 4.76. The summed E-state index contributed by atoms with van der Waals surface area (Å²) in [5.41, 5.74) is 2.45. The molecule has 3 rings (SSSR count). The Morgan fingerprint density at radius 3 is 2.32 bits per heavy atom. The fourth-order valence-electron chi connectivity index (χ4n) is 3.36. The minimum absolute atomic E-state index is 0.549. The van der Waals surface area contributed by atoms with Crippen molar-refractivity contribution in [2.75, 3.05) is 31.2 Å². The maximum absolute atomic E-state index is 5.40. The standard InChI is InChI=1S/C18H27N3O/c1-15-4-3-5-16(2)21(15)19-14-17-6-8-18(9-7-17)20-10-12-22-13-11-20/h6-9,14-16H,3-5,10-13H2,1-2H3. The molecule has 2 atom stereocenters. The smallest absolute Gasteiger partial charge is 0.0642 e. The minimum atomic E-state index is 0.549. The molecule has 0 N–H and O–H groups in total. The van der Waals surface area contributed by atoms with Gasteiger partial charge in [0, 0.05) is 30.9 Å². The van der Waals surface area contributed by atoms with Gasteiger partial charge in [-0.2, -0.15) is 5.10 Å². The number of benzene rings is 1. The second kappa shape index (κ2) is 7.14. The van der Waals surface area contributed by atoms with Gasteiger partial charge in [0.2, 0.25) is 0 Å². The second-order valence-corrected chi connectivity index (χ2v) is 6.44. The highest BCUT2D eigenvalue weighted by Crippen LogP contribution is 2.22. The molecule has 0 aliphatic carbocycles. The van der Waals surface area contributed by atoms with Gasteiger partial charge in [-0.1, -0.05) is 12.1 Å². The van der Waals surface area contributed by atoms with Crippen molar-refractivity contribution in [2.24, 2.45) is 5.10 Å². The number of hydrogen-bond acceptors (Lipinski definition) is 4. The first kappa shape index (κ1) is 15.3. The Hall–Kier alpha value is -1.55. The minimum Gasteiger partial charge on any atom is -0.378 e. The molecule has 2 aliphatic heterocycles. The third kappa shape index (κ3) is 3.61. The van der Waals surface area contributed by atoms with Crippen molar-refractivity contribution in [3.05, 3.63) is 29.8 Å². The molecule has 2 saturated heterocycles. The van der Waals surface area contributed by atoms with Crippen LogP contribution in [0.2, 0.25) is 0 Å². The summed E-state index contributed by atoms with van der Waals surface area (Å²) in [4.78, 5) is 2.37. The van der Waals surface area contributed by atoms with Crippen LogP contribution in [0.5, 0.6) is 0 Å². The molecule has 0 amide bonds. The Morgan fingerprint density at radius 1 is 1.05 bits per heavy atom. The summed E-state index contributed by atoms with van der Waals surface area (Å²) in [5, 5.41) is 7.00. The number of morpholine rings is 1. The topological polar surface area (TPSA) is 28.1 Å². The van der Waals surface area contributed by atoms with Gasteiger partial charge >= 0.3 is 0 Å². The van der Waals surface area contributed by atoms with Crippen molar-refractivity contribution >= 4 is 11.9 Å². The van der Waals surface area contributed by atoms with Gasteiger partial charge in [0.25, 0.3) is 0 Å². The molecule has 22 heavy (non-hydrogen) atoms. The Morgan fingerprint density at radius 2 is 1.68 bits per heavy atom. The number of piperidine rings is 1. The Balaban J connectivity index is 1.63. The van der Waals surface area contributed by atoms with E-state index in [0.717, 1.165) is 26.3 Å². The van der Waals surface area contributed by atoms with Crippen LogP contribution < -0.4 is 4.90 Å². The van der Waals surface area contributed by atoms with Gasteiger partial charge in [-0.3, -0.25) is 5.01 Å². The molecule has 120 valence electrons. The van der Waals surface area contributed by atoms with Gasteiger partial charge in [0.1, 0.15) is 0 Å². The summed E-state index contributed by atoms with van der Waals surface area (Å²) in [6, 6.07) is 9.80. The van der Waals surface area contributed by atoms with Crippen LogP contribution in [0, 0.1) is 0 Å². The van der Waals surface area contributed by atoms with E-state index in [1.54, 1.807) is 0 Å².